The van der Waals surface area contributed by atoms with Crippen LogP contribution in [0.25, 0.3) is 115 Å². The molecule has 5 aromatic heterocycles. The molecule has 0 aliphatic carbocycles. The summed E-state index contributed by atoms with van der Waals surface area (Å²) in [4.78, 5) is 14.2. The van der Waals surface area contributed by atoms with E-state index in [9.17, 15) is 0 Å². The summed E-state index contributed by atoms with van der Waals surface area (Å²) in [6.45, 7) is 8.40. The van der Waals surface area contributed by atoms with E-state index in [0.29, 0.717) is 0 Å². The third-order valence-corrected chi connectivity index (χ3v) is 14.4. The Bertz CT molecular complexity index is 3770. The molecule has 0 bridgehead atoms. The molecular formula is C65H50N4S. The molecular weight excluding hydrogens is 869 g/mol. The van der Waals surface area contributed by atoms with Crippen molar-refractivity contribution in [2.24, 2.45) is 0 Å². The van der Waals surface area contributed by atoms with Crippen molar-refractivity contribution in [1.82, 2.24) is 19.5 Å². The molecule has 0 amide bonds. The van der Waals surface area contributed by atoms with Crippen molar-refractivity contribution in [3.8, 4) is 72.8 Å². The Morgan fingerprint density at radius 1 is 0.400 bits per heavy atom. The molecule has 5 heterocycles. The SMILES string of the molecule is C/C=C\C(C)=C(C)C.c1ccc(-c2ccccc2-c2ccc3sc4ccc(-n5c6ccc(-c7ccccc7-c7ccccn7)cc6c6cc(-c7ccccc7-c7ccccn7)ccc65)cc4c3c2)nc1. The van der Waals surface area contributed by atoms with Crippen LogP contribution in [0.3, 0.4) is 0 Å². The highest BCUT2D eigenvalue weighted by Crippen LogP contribution is 2.43. The van der Waals surface area contributed by atoms with Gasteiger partial charge in [-0.3, -0.25) is 15.0 Å². The number of allylic oxidation sites excluding steroid dienone is 4. The zero-order chi connectivity index (χ0) is 47.6. The molecule has 0 fully saturated rings. The van der Waals surface area contributed by atoms with Crippen LogP contribution < -0.4 is 0 Å². The van der Waals surface area contributed by atoms with Crippen molar-refractivity contribution >= 4 is 53.3 Å². The third kappa shape index (κ3) is 8.42. The Morgan fingerprint density at radius 3 is 1.19 bits per heavy atom. The summed E-state index contributed by atoms with van der Waals surface area (Å²) in [6, 6.07) is 71.8. The first-order valence-electron chi connectivity index (χ1n) is 23.8. The third-order valence-electron chi connectivity index (χ3n) is 13.2. The van der Waals surface area contributed by atoms with Crippen molar-refractivity contribution in [2.45, 2.75) is 27.7 Å². The number of thiophene rings is 1. The highest BCUT2D eigenvalue weighted by molar-refractivity contribution is 7.25. The molecule has 0 radical (unpaired) electrons. The number of hydrogen-bond donors (Lipinski definition) is 0. The van der Waals surface area contributed by atoms with E-state index < -0.39 is 0 Å². The Kier molecular flexibility index (Phi) is 12.1. The first-order chi connectivity index (χ1) is 34.4. The van der Waals surface area contributed by atoms with Gasteiger partial charge in [-0.15, -0.1) is 11.3 Å². The number of fused-ring (bicyclic) bond motifs is 6. The number of nitrogens with zero attached hydrogens (tertiary/aromatic N) is 4. The van der Waals surface area contributed by atoms with Gasteiger partial charge in [-0.25, -0.2) is 0 Å². The van der Waals surface area contributed by atoms with E-state index in [0.717, 1.165) is 72.7 Å². The maximum atomic E-state index is 4.74. The zero-order valence-electron chi connectivity index (χ0n) is 39.6. The summed E-state index contributed by atoms with van der Waals surface area (Å²) >= 11 is 1.85. The number of pyridine rings is 3. The average Bonchev–Trinajstić information content (AvgIpc) is 3.96. The van der Waals surface area contributed by atoms with Crippen LogP contribution in [0.1, 0.15) is 27.7 Å². The van der Waals surface area contributed by atoms with Gasteiger partial charge in [0.2, 0.25) is 0 Å². The fraction of sp³-hybridized carbons (Fsp3) is 0.0615. The summed E-state index contributed by atoms with van der Waals surface area (Å²) in [5.41, 5.74) is 19.4. The van der Waals surface area contributed by atoms with Gasteiger partial charge in [-0.2, -0.15) is 0 Å². The highest BCUT2D eigenvalue weighted by atomic mass is 32.1. The van der Waals surface area contributed by atoms with E-state index >= 15 is 0 Å². The first-order valence-corrected chi connectivity index (χ1v) is 24.6. The smallest absolute Gasteiger partial charge is 0.0708 e. The van der Waals surface area contributed by atoms with Crippen molar-refractivity contribution in [1.29, 1.82) is 0 Å². The summed E-state index contributed by atoms with van der Waals surface area (Å²) in [5.74, 6) is 0. The van der Waals surface area contributed by atoms with Crippen LogP contribution in [-0.2, 0) is 0 Å². The molecule has 336 valence electrons. The second-order valence-corrected chi connectivity index (χ2v) is 18.8. The maximum Gasteiger partial charge on any atom is 0.0708 e. The normalized spacial score (nSPS) is 11.4. The Hall–Kier alpha value is -8.51. The van der Waals surface area contributed by atoms with Crippen LogP contribution in [-0.4, -0.2) is 19.5 Å². The predicted octanol–water partition coefficient (Wildman–Crippen LogP) is 18.3. The van der Waals surface area contributed by atoms with Gasteiger partial charge < -0.3 is 4.57 Å². The number of aromatic nitrogens is 4. The van der Waals surface area contributed by atoms with Gasteiger partial charge in [0.1, 0.15) is 0 Å². The van der Waals surface area contributed by atoms with Crippen molar-refractivity contribution in [2.75, 3.05) is 0 Å². The van der Waals surface area contributed by atoms with Crippen molar-refractivity contribution < 1.29 is 0 Å². The Labute approximate surface area is 413 Å². The van der Waals surface area contributed by atoms with Crippen LogP contribution in [0, 0.1) is 0 Å². The minimum Gasteiger partial charge on any atom is -0.309 e. The minimum absolute atomic E-state index is 0.957. The lowest BCUT2D eigenvalue weighted by Gasteiger charge is -2.12. The van der Waals surface area contributed by atoms with E-state index in [1.165, 1.54) is 53.2 Å². The van der Waals surface area contributed by atoms with Gasteiger partial charge in [-0.1, -0.05) is 132 Å². The monoisotopic (exact) mass is 918 g/mol. The van der Waals surface area contributed by atoms with Gasteiger partial charge in [-0.05, 0) is 152 Å². The average molecular weight is 919 g/mol. The maximum absolute atomic E-state index is 4.74. The van der Waals surface area contributed by atoms with E-state index in [2.05, 4.69) is 219 Å². The van der Waals surface area contributed by atoms with Crippen LogP contribution in [0.15, 0.2) is 242 Å². The summed E-state index contributed by atoms with van der Waals surface area (Å²) in [6.07, 6.45) is 9.77. The summed E-state index contributed by atoms with van der Waals surface area (Å²) in [5, 5.41) is 4.88. The predicted molar refractivity (Wildman–Crippen MR) is 299 cm³/mol. The summed E-state index contributed by atoms with van der Waals surface area (Å²) in [7, 11) is 0. The standard InChI is InChI=1S/C57H36N4S.C8H14/c1-4-16-44(51-19-7-10-30-58-51)41(13-1)37-22-26-54-47(33-37)48-34-38(42-14-2-5-17-45(42)52-20-8-11-31-59-52)23-27-55(48)61(54)40-25-29-57-50(36-40)49-35-39(24-28-56(49)62-57)43-15-3-6-18-46(43)53-21-9-12-32-60-53;1-5-6-8(4)7(2)3/h1-36H;5-6H,1-4H3/b;6-5-. The van der Waals surface area contributed by atoms with E-state index in [-0.39, 0.29) is 0 Å². The molecule has 0 unspecified atom stereocenters. The highest BCUT2D eigenvalue weighted by Gasteiger charge is 2.19. The number of rotatable bonds is 8. The molecule has 5 heteroatoms. The second kappa shape index (κ2) is 19.2. The van der Waals surface area contributed by atoms with Gasteiger partial charge in [0.25, 0.3) is 0 Å². The van der Waals surface area contributed by atoms with Gasteiger partial charge in [0.15, 0.2) is 0 Å². The molecule has 70 heavy (non-hydrogen) atoms. The molecule has 0 aliphatic heterocycles. The molecule has 0 saturated heterocycles. The van der Waals surface area contributed by atoms with Crippen LogP contribution >= 0.6 is 11.3 Å². The van der Waals surface area contributed by atoms with Gasteiger partial charge in [0, 0.05) is 71.9 Å². The summed E-state index contributed by atoms with van der Waals surface area (Å²) < 4.78 is 4.98. The fourth-order valence-electron chi connectivity index (χ4n) is 9.57. The molecule has 12 aromatic rings. The second-order valence-electron chi connectivity index (χ2n) is 17.8. The molecule has 12 rings (SSSR count). The molecule has 0 aliphatic rings. The van der Waals surface area contributed by atoms with Crippen LogP contribution in [0.2, 0.25) is 0 Å². The van der Waals surface area contributed by atoms with Gasteiger partial charge >= 0.3 is 0 Å². The van der Waals surface area contributed by atoms with E-state index in [1.807, 2.05) is 55.1 Å². The van der Waals surface area contributed by atoms with Gasteiger partial charge in [0.05, 0.1) is 28.1 Å². The zero-order valence-corrected chi connectivity index (χ0v) is 40.5. The molecule has 4 nitrogen and oxygen atoms in total. The molecule has 0 spiro atoms. The number of hydrogen-bond acceptors (Lipinski definition) is 4. The fourth-order valence-corrected chi connectivity index (χ4v) is 10.6. The lowest BCUT2D eigenvalue weighted by Crippen LogP contribution is -1.94. The molecule has 0 atom stereocenters. The first kappa shape index (κ1) is 44.0. The minimum atomic E-state index is 0.957. The topological polar surface area (TPSA) is 43.6 Å². The van der Waals surface area contributed by atoms with Crippen molar-refractivity contribution in [3.63, 3.8) is 0 Å². The number of benzene rings is 7. The van der Waals surface area contributed by atoms with Crippen molar-refractivity contribution in [3.05, 3.63) is 242 Å². The van der Waals surface area contributed by atoms with Crippen LogP contribution in [0.5, 0.6) is 0 Å². The largest absolute Gasteiger partial charge is 0.309 e. The molecule has 0 saturated carbocycles. The molecule has 0 N–H and O–H groups in total. The molecule has 7 aromatic carbocycles. The lowest BCUT2D eigenvalue weighted by molar-refractivity contribution is 1.19. The quantitative estimate of drug-likeness (QED) is 0.143. The van der Waals surface area contributed by atoms with E-state index in [1.54, 1.807) is 0 Å². The Balaban J connectivity index is 0.000000616. The lowest BCUT2D eigenvalue weighted by atomic mass is 9.94. The van der Waals surface area contributed by atoms with Crippen LogP contribution in [0.4, 0.5) is 0 Å². The Morgan fingerprint density at radius 2 is 0.786 bits per heavy atom. The van der Waals surface area contributed by atoms with E-state index in [4.69, 9.17) is 15.0 Å².